The van der Waals surface area contributed by atoms with Crippen molar-refractivity contribution in [3.8, 4) is 0 Å². The monoisotopic (exact) mass is 322 g/mol. The lowest BCUT2D eigenvalue weighted by molar-refractivity contribution is 0.488. The molecule has 0 saturated carbocycles. The van der Waals surface area contributed by atoms with Crippen LogP contribution in [0.15, 0.2) is 35.2 Å². The minimum absolute atomic E-state index is 0.242. The quantitative estimate of drug-likeness (QED) is 0.889. The molecule has 0 bridgehead atoms. The normalized spacial score (nSPS) is 12.6. The molecule has 0 amide bonds. The van der Waals surface area contributed by atoms with Crippen molar-refractivity contribution < 1.29 is 0 Å². The molecule has 1 unspecified atom stereocenters. The van der Waals surface area contributed by atoms with Crippen molar-refractivity contribution in [1.82, 2.24) is 20.1 Å². The molecule has 0 aliphatic heterocycles. The fraction of sp³-hybridized carbons (Fsp3) is 0.429. The second-order valence-corrected chi connectivity index (χ2v) is 5.22. The SMILES string of the molecule is CCNC(Cc1cccnc1)c1c(Br)cnn1CC. The molecule has 0 saturated heterocycles. The van der Waals surface area contributed by atoms with Crippen molar-refractivity contribution in [2.24, 2.45) is 0 Å². The van der Waals surface area contributed by atoms with Crippen molar-refractivity contribution in [2.75, 3.05) is 6.54 Å². The summed E-state index contributed by atoms with van der Waals surface area (Å²) in [5, 5.41) is 7.92. The Morgan fingerprint density at radius 3 is 2.84 bits per heavy atom. The number of pyridine rings is 1. The average molecular weight is 323 g/mol. The molecule has 0 aliphatic rings. The predicted octanol–water partition coefficient (Wildman–Crippen LogP) is 2.95. The molecule has 2 aromatic heterocycles. The van der Waals surface area contributed by atoms with E-state index in [9.17, 15) is 0 Å². The van der Waals surface area contributed by atoms with Gasteiger partial charge in [-0.05, 0) is 47.4 Å². The number of nitrogens with one attached hydrogen (secondary N) is 1. The van der Waals surface area contributed by atoms with E-state index < -0.39 is 0 Å². The van der Waals surface area contributed by atoms with Crippen LogP contribution >= 0.6 is 15.9 Å². The molecule has 2 heterocycles. The van der Waals surface area contributed by atoms with Crippen LogP contribution in [-0.4, -0.2) is 21.3 Å². The molecule has 0 aromatic carbocycles. The molecule has 5 heteroatoms. The van der Waals surface area contributed by atoms with E-state index in [1.165, 1.54) is 11.3 Å². The van der Waals surface area contributed by atoms with Crippen LogP contribution in [0.25, 0.3) is 0 Å². The van der Waals surface area contributed by atoms with E-state index in [2.05, 4.69) is 51.2 Å². The zero-order chi connectivity index (χ0) is 13.7. The Labute approximate surface area is 122 Å². The van der Waals surface area contributed by atoms with Gasteiger partial charge in [0.15, 0.2) is 0 Å². The van der Waals surface area contributed by atoms with E-state index in [1.807, 2.05) is 23.1 Å². The van der Waals surface area contributed by atoms with Crippen LogP contribution in [0, 0.1) is 0 Å². The number of hydrogen-bond donors (Lipinski definition) is 1. The third-order valence-electron chi connectivity index (χ3n) is 3.08. The highest BCUT2D eigenvalue weighted by atomic mass is 79.9. The molecule has 2 aromatic rings. The maximum atomic E-state index is 4.39. The molecule has 0 fully saturated rings. The summed E-state index contributed by atoms with van der Waals surface area (Å²) in [6, 6.07) is 4.33. The highest BCUT2D eigenvalue weighted by Crippen LogP contribution is 2.26. The van der Waals surface area contributed by atoms with Crippen molar-refractivity contribution in [2.45, 2.75) is 32.9 Å². The largest absolute Gasteiger partial charge is 0.309 e. The summed E-state index contributed by atoms with van der Waals surface area (Å²) in [5.41, 5.74) is 2.43. The van der Waals surface area contributed by atoms with Crippen LogP contribution in [0.5, 0.6) is 0 Å². The van der Waals surface area contributed by atoms with Gasteiger partial charge in [-0.1, -0.05) is 13.0 Å². The van der Waals surface area contributed by atoms with Crippen LogP contribution in [-0.2, 0) is 13.0 Å². The van der Waals surface area contributed by atoms with Crippen molar-refractivity contribution >= 4 is 15.9 Å². The highest BCUT2D eigenvalue weighted by Gasteiger charge is 2.19. The Hall–Kier alpha value is -1.20. The smallest absolute Gasteiger partial charge is 0.0698 e. The van der Waals surface area contributed by atoms with Gasteiger partial charge >= 0.3 is 0 Å². The zero-order valence-corrected chi connectivity index (χ0v) is 12.9. The van der Waals surface area contributed by atoms with Crippen LogP contribution in [0.4, 0.5) is 0 Å². The van der Waals surface area contributed by atoms with Gasteiger partial charge in [0, 0.05) is 18.9 Å². The molecule has 102 valence electrons. The Balaban J connectivity index is 2.27. The molecule has 1 N–H and O–H groups in total. The van der Waals surface area contributed by atoms with Gasteiger partial charge in [-0.25, -0.2) is 0 Å². The number of aromatic nitrogens is 3. The fourth-order valence-corrected chi connectivity index (χ4v) is 2.81. The summed E-state index contributed by atoms with van der Waals surface area (Å²) < 4.78 is 3.09. The Kier molecular flexibility index (Phi) is 5.10. The summed E-state index contributed by atoms with van der Waals surface area (Å²) in [5.74, 6) is 0. The van der Waals surface area contributed by atoms with E-state index in [4.69, 9.17) is 0 Å². The Morgan fingerprint density at radius 2 is 2.21 bits per heavy atom. The summed E-state index contributed by atoms with van der Waals surface area (Å²) in [6.45, 7) is 6.02. The van der Waals surface area contributed by atoms with Crippen molar-refractivity contribution in [3.63, 3.8) is 0 Å². The molecule has 0 radical (unpaired) electrons. The van der Waals surface area contributed by atoms with Crippen LogP contribution in [0.2, 0.25) is 0 Å². The molecule has 4 nitrogen and oxygen atoms in total. The van der Waals surface area contributed by atoms with Gasteiger partial charge in [0.05, 0.1) is 22.4 Å². The van der Waals surface area contributed by atoms with E-state index in [0.717, 1.165) is 24.0 Å². The second-order valence-electron chi connectivity index (χ2n) is 4.37. The first kappa shape index (κ1) is 14.2. The molecule has 0 aliphatic carbocycles. The number of hydrogen-bond acceptors (Lipinski definition) is 3. The van der Waals surface area contributed by atoms with Gasteiger partial charge < -0.3 is 5.32 Å². The number of rotatable bonds is 6. The average Bonchev–Trinajstić information content (AvgIpc) is 2.80. The first-order valence-electron chi connectivity index (χ1n) is 6.59. The van der Waals surface area contributed by atoms with Crippen LogP contribution in [0.3, 0.4) is 0 Å². The predicted molar refractivity (Wildman–Crippen MR) is 80.0 cm³/mol. The van der Waals surface area contributed by atoms with Gasteiger partial charge in [0.2, 0.25) is 0 Å². The summed E-state index contributed by atoms with van der Waals surface area (Å²) in [7, 11) is 0. The van der Waals surface area contributed by atoms with Crippen molar-refractivity contribution in [1.29, 1.82) is 0 Å². The third kappa shape index (κ3) is 3.42. The van der Waals surface area contributed by atoms with Gasteiger partial charge in [-0.3, -0.25) is 9.67 Å². The molecular weight excluding hydrogens is 304 g/mol. The molecule has 0 spiro atoms. The maximum absolute atomic E-state index is 4.39. The summed E-state index contributed by atoms with van der Waals surface area (Å²) in [6.07, 6.45) is 6.50. The van der Waals surface area contributed by atoms with Crippen LogP contribution in [0.1, 0.15) is 31.1 Å². The molecule has 2 rings (SSSR count). The minimum atomic E-state index is 0.242. The zero-order valence-electron chi connectivity index (χ0n) is 11.3. The van der Waals surface area contributed by atoms with Crippen LogP contribution < -0.4 is 5.32 Å². The first-order chi connectivity index (χ1) is 9.26. The number of aryl methyl sites for hydroxylation is 1. The van der Waals surface area contributed by atoms with Gasteiger partial charge in [0.25, 0.3) is 0 Å². The molecule has 19 heavy (non-hydrogen) atoms. The topological polar surface area (TPSA) is 42.7 Å². The standard InChI is InChI=1S/C14H19BrN4/c1-3-17-13(8-11-6-5-7-16-9-11)14-12(15)10-18-19(14)4-2/h5-7,9-10,13,17H,3-4,8H2,1-2H3. The van der Waals surface area contributed by atoms with Gasteiger partial charge in [-0.15, -0.1) is 0 Å². The van der Waals surface area contributed by atoms with E-state index >= 15 is 0 Å². The van der Waals surface area contributed by atoms with Gasteiger partial charge in [0.1, 0.15) is 0 Å². The number of nitrogens with zero attached hydrogens (tertiary/aromatic N) is 3. The van der Waals surface area contributed by atoms with E-state index in [1.54, 1.807) is 6.20 Å². The minimum Gasteiger partial charge on any atom is -0.309 e. The summed E-state index contributed by atoms with van der Waals surface area (Å²) >= 11 is 3.60. The summed E-state index contributed by atoms with van der Waals surface area (Å²) in [4.78, 5) is 4.18. The maximum Gasteiger partial charge on any atom is 0.0698 e. The molecule has 1 atom stereocenters. The lowest BCUT2D eigenvalue weighted by Gasteiger charge is -2.19. The fourth-order valence-electron chi connectivity index (χ4n) is 2.24. The number of halogens is 1. The second kappa shape index (κ2) is 6.82. The Morgan fingerprint density at radius 1 is 1.37 bits per heavy atom. The van der Waals surface area contributed by atoms with Gasteiger partial charge in [-0.2, -0.15) is 5.10 Å². The molecular formula is C14H19BrN4. The lowest BCUT2D eigenvalue weighted by atomic mass is 10.0. The highest BCUT2D eigenvalue weighted by molar-refractivity contribution is 9.10. The Bertz CT molecular complexity index is 509. The lowest BCUT2D eigenvalue weighted by Crippen LogP contribution is -2.26. The van der Waals surface area contributed by atoms with Crippen molar-refractivity contribution in [3.05, 3.63) is 46.5 Å². The first-order valence-corrected chi connectivity index (χ1v) is 7.39. The number of likely N-dealkylation sites (N-methyl/N-ethyl adjacent to an activating group) is 1. The third-order valence-corrected chi connectivity index (χ3v) is 3.69. The van der Waals surface area contributed by atoms with E-state index in [0.29, 0.717) is 0 Å². The van der Waals surface area contributed by atoms with E-state index in [-0.39, 0.29) is 6.04 Å².